The maximum absolute atomic E-state index is 12.3. The molecular formula is C23H22N2O4. The quantitative estimate of drug-likeness (QED) is 0.264. The molecule has 0 aliphatic rings. The molecule has 148 valence electrons. The molecule has 0 N–H and O–H groups in total. The van der Waals surface area contributed by atoms with Crippen LogP contribution in [0.15, 0.2) is 83.0 Å². The van der Waals surface area contributed by atoms with Crippen molar-refractivity contribution in [2.24, 2.45) is 10.2 Å². The van der Waals surface area contributed by atoms with Gasteiger partial charge in [0.2, 0.25) is 0 Å². The molecule has 0 radical (unpaired) electrons. The minimum Gasteiger partial charge on any atom is -0.497 e. The minimum absolute atomic E-state index is 0.431. The third-order valence-corrected chi connectivity index (χ3v) is 3.96. The van der Waals surface area contributed by atoms with Gasteiger partial charge in [0.15, 0.2) is 0 Å². The van der Waals surface area contributed by atoms with E-state index in [1.165, 1.54) is 0 Å². The SMILES string of the molecule is CCCOc1ccc(C(=O)Oc2ccc(N=Nc3ccc(OC)cc3)cc2)cc1. The lowest BCUT2D eigenvalue weighted by Crippen LogP contribution is -2.08. The number of hydrogen-bond acceptors (Lipinski definition) is 6. The van der Waals surface area contributed by atoms with Crippen molar-refractivity contribution in [1.82, 2.24) is 0 Å². The van der Waals surface area contributed by atoms with Crippen LogP contribution in [0.1, 0.15) is 23.7 Å². The average molecular weight is 390 g/mol. The number of esters is 1. The third kappa shape index (κ3) is 5.90. The molecule has 3 aromatic rings. The zero-order valence-corrected chi connectivity index (χ0v) is 16.4. The number of carbonyl (C=O) groups excluding carboxylic acids is 1. The molecule has 0 aliphatic heterocycles. The number of ether oxygens (including phenoxy) is 3. The number of carbonyl (C=O) groups is 1. The van der Waals surface area contributed by atoms with E-state index in [-0.39, 0.29) is 0 Å². The van der Waals surface area contributed by atoms with Crippen molar-refractivity contribution in [2.75, 3.05) is 13.7 Å². The second-order valence-electron chi connectivity index (χ2n) is 6.15. The van der Waals surface area contributed by atoms with E-state index in [0.29, 0.717) is 29.3 Å². The molecule has 0 saturated heterocycles. The second kappa shape index (κ2) is 10.0. The highest BCUT2D eigenvalue weighted by Gasteiger charge is 2.09. The first-order valence-corrected chi connectivity index (χ1v) is 9.29. The lowest BCUT2D eigenvalue weighted by Gasteiger charge is -2.07. The van der Waals surface area contributed by atoms with Crippen LogP contribution >= 0.6 is 0 Å². The van der Waals surface area contributed by atoms with E-state index in [9.17, 15) is 4.79 Å². The number of hydrogen-bond donors (Lipinski definition) is 0. The zero-order chi connectivity index (χ0) is 20.5. The van der Waals surface area contributed by atoms with Crippen LogP contribution in [0.4, 0.5) is 11.4 Å². The first-order valence-electron chi connectivity index (χ1n) is 9.29. The van der Waals surface area contributed by atoms with Gasteiger partial charge in [0.05, 0.1) is 30.7 Å². The Morgan fingerprint density at radius 1 is 0.759 bits per heavy atom. The Kier molecular flexibility index (Phi) is 6.95. The van der Waals surface area contributed by atoms with E-state index >= 15 is 0 Å². The molecule has 0 amide bonds. The van der Waals surface area contributed by atoms with Gasteiger partial charge in [-0.15, -0.1) is 0 Å². The van der Waals surface area contributed by atoms with Crippen LogP contribution < -0.4 is 14.2 Å². The Morgan fingerprint density at radius 3 is 1.79 bits per heavy atom. The summed E-state index contributed by atoms with van der Waals surface area (Å²) in [5.74, 6) is 1.50. The van der Waals surface area contributed by atoms with Crippen LogP contribution in [0.5, 0.6) is 17.2 Å². The number of rotatable bonds is 8. The van der Waals surface area contributed by atoms with Gasteiger partial charge in [-0.25, -0.2) is 4.79 Å². The fourth-order valence-corrected chi connectivity index (χ4v) is 2.42. The summed E-state index contributed by atoms with van der Waals surface area (Å²) < 4.78 is 16.0. The monoisotopic (exact) mass is 390 g/mol. The van der Waals surface area contributed by atoms with Crippen LogP contribution in [0.2, 0.25) is 0 Å². The van der Waals surface area contributed by atoms with Gasteiger partial charge in [0.1, 0.15) is 17.2 Å². The number of azo groups is 1. The zero-order valence-electron chi connectivity index (χ0n) is 16.4. The summed E-state index contributed by atoms with van der Waals surface area (Å²) in [6.07, 6.45) is 0.930. The van der Waals surface area contributed by atoms with Gasteiger partial charge in [-0.2, -0.15) is 10.2 Å². The van der Waals surface area contributed by atoms with E-state index in [0.717, 1.165) is 17.9 Å². The molecule has 0 saturated carbocycles. The summed E-state index contributed by atoms with van der Waals surface area (Å²) in [6, 6.07) is 21.0. The topological polar surface area (TPSA) is 69.5 Å². The summed E-state index contributed by atoms with van der Waals surface area (Å²) in [7, 11) is 1.61. The molecule has 3 aromatic carbocycles. The molecule has 0 bridgehead atoms. The van der Waals surface area contributed by atoms with Crippen molar-refractivity contribution in [3.8, 4) is 17.2 Å². The summed E-state index contributed by atoms with van der Waals surface area (Å²) >= 11 is 0. The first-order chi connectivity index (χ1) is 14.2. The average Bonchev–Trinajstić information content (AvgIpc) is 2.78. The largest absolute Gasteiger partial charge is 0.497 e. The summed E-state index contributed by atoms with van der Waals surface area (Å²) in [4.78, 5) is 12.3. The van der Waals surface area contributed by atoms with Gasteiger partial charge in [-0.1, -0.05) is 6.92 Å². The maximum atomic E-state index is 12.3. The fourth-order valence-electron chi connectivity index (χ4n) is 2.42. The molecule has 0 heterocycles. The smallest absolute Gasteiger partial charge is 0.343 e. The van der Waals surface area contributed by atoms with E-state index < -0.39 is 5.97 Å². The number of nitrogens with zero attached hydrogens (tertiary/aromatic N) is 2. The van der Waals surface area contributed by atoms with Gasteiger partial charge < -0.3 is 14.2 Å². The van der Waals surface area contributed by atoms with Gasteiger partial charge in [-0.05, 0) is 79.2 Å². The molecule has 0 unspecified atom stereocenters. The van der Waals surface area contributed by atoms with Crippen molar-refractivity contribution in [2.45, 2.75) is 13.3 Å². The lowest BCUT2D eigenvalue weighted by atomic mass is 10.2. The highest BCUT2D eigenvalue weighted by Crippen LogP contribution is 2.23. The fraction of sp³-hybridized carbons (Fsp3) is 0.174. The number of benzene rings is 3. The van der Waals surface area contributed by atoms with Crippen molar-refractivity contribution in [1.29, 1.82) is 0 Å². The van der Waals surface area contributed by atoms with E-state index in [1.807, 2.05) is 31.2 Å². The van der Waals surface area contributed by atoms with Crippen molar-refractivity contribution < 1.29 is 19.0 Å². The molecule has 3 rings (SSSR count). The Balaban J connectivity index is 1.58. The lowest BCUT2D eigenvalue weighted by molar-refractivity contribution is 0.0734. The molecule has 29 heavy (non-hydrogen) atoms. The van der Waals surface area contributed by atoms with Crippen molar-refractivity contribution in [3.05, 3.63) is 78.4 Å². The molecule has 0 aliphatic carbocycles. The Labute approximate surface area is 169 Å². The predicted molar refractivity (Wildman–Crippen MR) is 111 cm³/mol. The Morgan fingerprint density at radius 2 is 1.28 bits per heavy atom. The van der Waals surface area contributed by atoms with Crippen LogP contribution in [-0.2, 0) is 0 Å². The minimum atomic E-state index is -0.431. The van der Waals surface area contributed by atoms with E-state index in [4.69, 9.17) is 14.2 Å². The van der Waals surface area contributed by atoms with Crippen LogP contribution in [0, 0.1) is 0 Å². The predicted octanol–water partition coefficient (Wildman–Crippen LogP) is 6.12. The highest BCUT2D eigenvalue weighted by molar-refractivity contribution is 5.91. The van der Waals surface area contributed by atoms with Gasteiger partial charge in [0, 0.05) is 0 Å². The normalized spacial score (nSPS) is 10.7. The van der Waals surface area contributed by atoms with Crippen LogP contribution in [-0.4, -0.2) is 19.7 Å². The molecule has 0 spiro atoms. The first kappa shape index (κ1) is 20.1. The van der Waals surface area contributed by atoms with Crippen LogP contribution in [0.25, 0.3) is 0 Å². The summed E-state index contributed by atoms with van der Waals surface area (Å²) in [5, 5.41) is 8.34. The van der Waals surface area contributed by atoms with Gasteiger partial charge in [-0.3, -0.25) is 0 Å². The van der Waals surface area contributed by atoms with Crippen molar-refractivity contribution >= 4 is 17.3 Å². The van der Waals surface area contributed by atoms with Gasteiger partial charge in [0.25, 0.3) is 0 Å². The number of methoxy groups -OCH3 is 1. The van der Waals surface area contributed by atoms with Crippen molar-refractivity contribution in [3.63, 3.8) is 0 Å². The molecule has 0 atom stereocenters. The van der Waals surface area contributed by atoms with Gasteiger partial charge >= 0.3 is 5.97 Å². The Hall–Kier alpha value is -3.67. The molecule has 6 nitrogen and oxygen atoms in total. The highest BCUT2D eigenvalue weighted by atomic mass is 16.5. The second-order valence-corrected chi connectivity index (χ2v) is 6.15. The summed E-state index contributed by atoms with van der Waals surface area (Å²) in [6.45, 7) is 2.68. The molecule has 0 fully saturated rings. The van der Waals surface area contributed by atoms with E-state index in [1.54, 1.807) is 55.6 Å². The Bertz CT molecular complexity index is 950. The summed E-state index contributed by atoms with van der Waals surface area (Å²) in [5.41, 5.74) is 1.82. The third-order valence-electron chi connectivity index (χ3n) is 3.96. The van der Waals surface area contributed by atoms with E-state index in [2.05, 4.69) is 10.2 Å². The molecular weight excluding hydrogens is 368 g/mol. The van der Waals surface area contributed by atoms with Crippen LogP contribution in [0.3, 0.4) is 0 Å². The molecule has 0 aromatic heterocycles. The standard InChI is InChI=1S/C23H22N2O4/c1-3-16-28-21-10-4-17(5-11-21)23(26)29-22-14-8-19(9-15-22)25-24-18-6-12-20(27-2)13-7-18/h4-15H,3,16H2,1-2H3. The molecule has 6 heteroatoms. The maximum Gasteiger partial charge on any atom is 0.343 e.